The largest absolute Gasteiger partial charge is 0.488 e. The molecule has 1 aliphatic heterocycles. The quantitative estimate of drug-likeness (QED) is 0.441. The first-order chi connectivity index (χ1) is 14.1. The van der Waals surface area contributed by atoms with Crippen molar-refractivity contribution in [3.05, 3.63) is 65.7 Å². The average Bonchev–Trinajstić information content (AvgIpc) is 2.73. The highest BCUT2D eigenvalue weighted by Gasteiger charge is 2.29. The molecule has 0 saturated carbocycles. The molecule has 1 saturated heterocycles. The average molecular weight is 396 g/mol. The van der Waals surface area contributed by atoms with Crippen molar-refractivity contribution in [3.8, 4) is 5.75 Å². The van der Waals surface area contributed by atoms with E-state index in [4.69, 9.17) is 15.3 Å². The number of ether oxygens (including phenoxy) is 1. The Balaban J connectivity index is 1.60. The number of amidine groups is 1. The van der Waals surface area contributed by atoms with Crippen LogP contribution in [-0.4, -0.2) is 35.3 Å². The van der Waals surface area contributed by atoms with Gasteiger partial charge in [0.15, 0.2) is 12.4 Å². The first-order valence-corrected chi connectivity index (χ1v) is 10.1. The first kappa shape index (κ1) is 20.7. The third-order valence-corrected chi connectivity index (χ3v) is 5.23. The Kier molecular flexibility index (Phi) is 7.11. The number of rotatable bonds is 7. The van der Waals surface area contributed by atoms with Crippen LogP contribution in [0.25, 0.3) is 0 Å². The molecule has 0 aliphatic carbocycles. The van der Waals surface area contributed by atoms with Crippen LogP contribution in [-0.2, 0) is 16.2 Å². The number of para-hydroxylation sites is 1. The molecule has 6 nitrogen and oxygen atoms in total. The minimum atomic E-state index is -0.123. The SMILES string of the molecule is CC1CCCC(C)N1C(=O)CO/N=C(/N)c1ccccc1OCc1ccccc1. The van der Waals surface area contributed by atoms with Gasteiger partial charge in [-0.25, -0.2) is 0 Å². The molecular formula is C23H29N3O3. The second kappa shape index (κ2) is 9.96. The summed E-state index contributed by atoms with van der Waals surface area (Å²) in [6.45, 7) is 4.45. The summed E-state index contributed by atoms with van der Waals surface area (Å²) in [6, 6.07) is 17.7. The van der Waals surface area contributed by atoms with Crippen LogP contribution in [0.2, 0.25) is 0 Å². The molecule has 0 radical (unpaired) electrons. The van der Waals surface area contributed by atoms with E-state index in [0.29, 0.717) is 17.9 Å². The van der Waals surface area contributed by atoms with Gasteiger partial charge in [-0.3, -0.25) is 4.79 Å². The van der Waals surface area contributed by atoms with Gasteiger partial charge in [-0.1, -0.05) is 47.6 Å². The summed E-state index contributed by atoms with van der Waals surface area (Å²) >= 11 is 0. The van der Waals surface area contributed by atoms with Gasteiger partial charge in [-0.05, 0) is 50.8 Å². The van der Waals surface area contributed by atoms with E-state index >= 15 is 0 Å². The van der Waals surface area contributed by atoms with E-state index in [1.54, 1.807) is 0 Å². The van der Waals surface area contributed by atoms with Crippen molar-refractivity contribution in [1.29, 1.82) is 0 Å². The second-order valence-corrected chi connectivity index (χ2v) is 7.45. The Morgan fingerprint density at radius 3 is 2.45 bits per heavy atom. The fourth-order valence-electron chi connectivity index (χ4n) is 3.73. The zero-order chi connectivity index (χ0) is 20.6. The number of hydrogen-bond acceptors (Lipinski definition) is 4. The molecule has 0 bridgehead atoms. The van der Waals surface area contributed by atoms with Gasteiger partial charge in [0.05, 0.1) is 5.56 Å². The van der Waals surface area contributed by atoms with Gasteiger partial charge in [-0.2, -0.15) is 0 Å². The Morgan fingerprint density at radius 1 is 1.07 bits per heavy atom. The number of benzene rings is 2. The van der Waals surface area contributed by atoms with E-state index in [2.05, 4.69) is 19.0 Å². The van der Waals surface area contributed by atoms with Crippen LogP contribution in [0, 0.1) is 0 Å². The van der Waals surface area contributed by atoms with Gasteiger partial charge >= 0.3 is 0 Å². The molecule has 1 aliphatic rings. The molecule has 1 amide bonds. The summed E-state index contributed by atoms with van der Waals surface area (Å²) in [4.78, 5) is 19.7. The van der Waals surface area contributed by atoms with E-state index in [0.717, 1.165) is 24.8 Å². The fraction of sp³-hybridized carbons (Fsp3) is 0.391. The maximum absolute atomic E-state index is 12.5. The molecule has 6 heteroatoms. The zero-order valence-electron chi connectivity index (χ0n) is 17.1. The van der Waals surface area contributed by atoms with Gasteiger partial charge in [0.1, 0.15) is 12.4 Å². The molecule has 0 aromatic heterocycles. The summed E-state index contributed by atoms with van der Waals surface area (Å²) < 4.78 is 5.90. The first-order valence-electron chi connectivity index (χ1n) is 10.1. The molecule has 2 unspecified atom stereocenters. The highest BCUT2D eigenvalue weighted by atomic mass is 16.6. The van der Waals surface area contributed by atoms with Crippen molar-refractivity contribution in [2.24, 2.45) is 10.9 Å². The second-order valence-electron chi connectivity index (χ2n) is 7.45. The number of likely N-dealkylation sites (tertiary alicyclic amines) is 1. The number of nitrogens with zero attached hydrogens (tertiary/aromatic N) is 2. The number of hydrogen-bond donors (Lipinski definition) is 1. The molecule has 29 heavy (non-hydrogen) atoms. The zero-order valence-corrected chi connectivity index (χ0v) is 17.1. The minimum Gasteiger partial charge on any atom is -0.488 e. The Hall–Kier alpha value is -3.02. The van der Waals surface area contributed by atoms with Crippen molar-refractivity contribution < 1.29 is 14.4 Å². The van der Waals surface area contributed by atoms with Gasteiger partial charge in [0, 0.05) is 12.1 Å². The normalized spacial score (nSPS) is 19.7. The van der Waals surface area contributed by atoms with Crippen molar-refractivity contribution in [1.82, 2.24) is 4.90 Å². The summed E-state index contributed by atoms with van der Waals surface area (Å²) in [6.07, 6.45) is 3.19. The highest BCUT2D eigenvalue weighted by Crippen LogP contribution is 2.23. The van der Waals surface area contributed by atoms with Gasteiger partial charge in [0.2, 0.25) is 0 Å². The van der Waals surface area contributed by atoms with Crippen LogP contribution in [0.1, 0.15) is 44.2 Å². The van der Waals surface area contributed by atoms with Crippen molar-refractivity contribution in [2.45, 2.75) is 51.8 Å². The molecule has 0 spiro atoms. The predicted octanol–water partition coefficient (Wildman–Crippen LogP) is 3.69. The van der Waals surface area contributed by atoms with E-state index in [9.17, 15) is 4.79 Å². The Labute approximate surface area is 172 Å². The lowest BCUT2D eigenvalue weighted by molar-refractivity contribution is -0.142. The minimum absolute atomic E-state index is 0.0603. The van der Waals surface area contributed by atoms with Crippen molar-refractivity contribution >= 4 is 11.7 Å². The van der Waals surface area contributed by atoms with Crippen LogP contribution >= 0.6 is 0 Å². The van der Waals surface area contributed by atoms with Crippen LogP contribution in [0.3, 0.4) is 0 Å². The molecule has 2 atom stereocenters. The summed E-state index contributed by atoms with van der Waals surface area (Å²) in [5.74, 6) is 0.738. The topological polar surface area (TPSA) is 77.2 Å². The van der Waals surface area contributed by atoms with E-state index < -0.39 is 0 Å². The Morgan fingerprint density at radius 2 is 1.72 bits per heavy atom. The number of carbonyl (C=O) groups excluding carboxylic acids is 1. The molecule has 1 heterocycles. The number of oxime groups is 1. The van der Waals surface area contributed by atoms with Crippen LogP contribution in [0.4, 0.5) is 0 Å². The number of carbonyl (C=O) groups is 1. The molecule has 2 aromatic rings. The smallest absolute Gasteiger partial charge is 0.263 e. The highest BCUT2D eigenvalue weighted by molar-refractivity contribution is 5.99. The van der Waals surface area contributed by atoms with Gasteiger partial charge in [0.25, 0.3) is 5.91 Å². The fourth-order valence-corrected chi connectivity index (χ4v) is 3.73. The van der Waals surface area contributed by atoms with Crippen LogP contribution in [0.5, 0.6) is 5.75 Å². The lowest BCUT2D eigenvalue weighted by Crippen LogP contribution is -2.48. The van der Waals surface area contributed by atoms with E-state index in [1.807, 2.05) is 59.5 Å². The predicted molar refractivity (Wildman–Crippen MR) is 114 cm³/mol. The van der Waals surface area contributed by atoms with Crippen LogP contribution in [0.15, 0.2) is 59.8 Å². The standard InChI is InChI=1S/C23H29N3O3/c1-17-9-8-10-18(2)26(17)22(27)16-29-25-23(24)20-13-6-7-14-21(20)28-15-19-11-4-3-5-12-19/h3-7,11-14,17-18H,8-10,15-16H2,1-2H3,(H2,24,25). The lowest BCUT2D eigenvalue weighted by Gasteiger charge is -2.38. The Bertz CT molecular complexity index is 828. The van der Waals surface area contributed by atoms with Crippen LogP contribution < -0.4 is 10.5 Å². The number of nitrogens with two attached hydrogens (primary N) is 1. The molecular weight excluding hydrogens is 366 g/mol. The molecule has 1 fully saturated rings. The maximum Gasteiger partial charge on any atom is 0.263 e. The molecule has 3 rings (SSSR count). The lowest BCUT2D eigenvalue weighted by atomic mass is 9.97. The molecule has 2 N–H and O–H groups in total. The van der Waals surface area contributed by atoms with Crippen molar-refractivity contribution in [2.75, 3.05) is 6.61 Å². The van der Waals surface area contributed by atoms with Crippen molar-refractivity contribution in [3.63, 3.8) is 0 Å². The summed E-state index contributed by atoms with van der Waals surface area (Å²) in [5, 5.41) is 3.96. The van der Waals surface area contributed by atoms with E-state index in [1.165, 1.54) is 0 Å². The number of amides is 1. The summed E-state index contributed by atoms with van der Waals surface area (Å²) in [5.41, 5.74) is 7.80. The van der Waals surface area contributed by atoms with Gasteiger partial charge < -0.3 is 20.2 Å². The van der Waals surface area contributed by atoms with Gasteiger partial charge in [-0.15, -0.1) is 0 Å². The number of piperidine rings is 1. The van der Waals surface area contributed by atoms with E-state index in [-0.39, 0.29) is 30.4 Å². The molecule has 2 aromatic carbocycles. The summed E-state index contributed by atoms with van der Waals surface area (Å²) in [7, 11) is 0. The third-order valence-electron chi connectivity index (χ3n) is 5.23. The third kappa shape index (κ3) is 5.50. The molecule has 154 valence electrons. The maximum atomic E-state index is 12.5. The monoisotopic (exact) mass is 395 g/mol.